The fraction of sp³-hybridized carbons (Fsp3) is 0.467. The van der Waals surface area contributed by atoms with E-state index in [2.05, 4.69) is 35.5 Å². The third-order valence-electron chi connectivity index (χ3n) is 4.84. The number of nitriles is 1. The highest BCUT2D eigenvalue weighted by Crippen LogP contribution is 2.29. The highest BCUT2D eigenvalue weighted by atomic mass is 32.2. The Morgan fingerprint density at radius 2 is 2.08 bits per heavy atom. The third-order valence-corrected chi connectivity index (χ3v) is 6.07. The number of aryl methyl sites for hydroxylation is 1. The number of hydrogen-bond donors (Lipinski definition) is 2. The van der Waals surface area contributed by atoms with Crippen LogP contribution in [0.15, 0.2) is 18.6 Å². The Kier molecular flexibility index (Phi) is 3.91. The van der Waals surface area contributed by atoms with Crippen LogP contribution in [0.2, 0.25) is 0 Å². The molecule has 0 saturated carbocycles. The molecule has 2 N–H and O–H groups in total. The van der Waals surface area contributed by atoms with Crippen LogP contribution in [0.4, 0.5) is 5.82 Å². The van der Waals surface area contributed by atoms with E-state index in [1.807, 2.05) is 0 Å². The highest BCUT2D eigenvalue weighted by Gasteiger charge is 2.43. The van der Waals surface area contributed by atoms with Crippen LogP contribution in [0, 0.1) is 11.3 Å². The predicted molar refractivity (Wildman–Crippen MR) is 93.2 cm³/mol. The van der Waals surface area contributed by atoms with Gasteiger partial charge in [0.15, 0.2) is 5.69 Å². The Morgan fingerprint density at radius 1 is 1.31 bits per heavy atom. The minimum absolute atomic E-state index is 0.253. The van der Waals surface area contributed by atoms with Crippen molar-refractivity contribution < 1.29 is 8.42 Å². The van der Waals surface area contributed by atoms with E-state index < -0.39 is 15.7 Å². The van der Waals surface area contributed by atoms with Crippen molar-refractivity contribution in [2.45, 2.75) is 18.4 Å². The molecule has 1 spiro atoms. The van der Waals surface area contributed by atoms with E-state index in [-0.39, 0.29) is 5.69 Å². The number of rotatable bonds is 2. The van der Waals surface area contributed by atoms with Gasteiger partial charge in [-0.25, -0.2) is 14.7 Å². The SMILES string of the molecule is Cn1cc(-c2nc(N3CCC4(CC3)CNS(=O)(=O)N4)cnc2C#N)cn1. The quantitative estimate of drug-likeness (QED) is 0.727. The van der Waals surface area contributed by atoms with Crippen LogP contribution in [-0.4, -0.2) is 53.3 Å². The second kappa shape index (κ2) is 6.01. The number of piperidine rings is 1. The second-order valence-corrected chi connectivity index (χ2v) is 8.13. The summed E-state index contributed by atoms with van der Waals surface area (Å²) in [7, 11) is -1.58. The molecule has 2 aromatic heterocycles. The molecule has 0 unspecified atom stereocenters. The minimum atomic E-state index is -3.38. The van der Waals surface area contributed by atoms with E-state index in [0.717, 1.165) is 5.56 Å². The molecule has 11 heteroatoms. The van der Waals surface area contributed by atoms with Gasteiger partial charge in [0, 0.05) is 38.4 Å². The molecule has 2 fully saturated rings. The maximum absolute atomic E-state index is 11.6. The molecule has 0 aliphatic carbocycles. The molecule has 0 amide bonds. The molecular weight excluding hydrogens is 356 g/mol. The zero-order valence-electron chi connectivity index (χ0n) is 14.2. The molecular formula is C15H18N8O2S. The zero-order valence-corrected chi connectivity index (χ0v) is 15.0. The average Bonchev–Trinajstić information content (AvgIpc) is 3.18. The van der Waals surface area contributed by atoms with E-state index >= 15 is 0 Å². The van der Waals surface area contributed by atoms with Crippen molar-refractivity contribution in [3.05, 3.63) is 24.3 Å². The molecule has 10 nitrogen and oxygen atoms in total. The molecule has 2 saturated heterocycles. The van der Waals surface area contributed by atoms with Crippen LogP contribution in [0.1, 0.15) is 18.5 Å². The van der Waals surface area contributed by atoms with Gasteiger partial charge in [-0.2, -0.15) is 23.5 Å². The maximum Gasteiger partial charge on any atom is 0.277 e. The van der Waals surface area contributed by atoms with Crippen molar-refractivity contribution in [1.82, 2.24) is 29.2 Å². The van der Waals surface area contributed by atoms with E-state index in [0.29, 0.717) is 44.0 Å². The Bertz CT molecular complexity index is 985. The first-order chi connectivity index (χ1) is 12.4. The molecule has 136 valence electrons. The number of hydrogen-bond acceptors (Lipinski definition) is 7. The summed E-state index contributed by atoms with van der Waals surface area (Å²) >= 11 is 0. The smallest absolute Gasteiger partial charge is 0.277 e. The van der Waals surface area contributed by atoms with Gasteiger partial charge in [-0.05, 0) is 12.8 Å². The Hall–Kier alpha value is -2.55. The van der Waals surface area contributed by atoms with E-state index in [1.165, 1.54) is 0 Å². The number of anilines is 1. The molecule has 4 rings (SSSR count). The van der Waals surface area contributed by atoms with Crippen LogP contribution in [0.5, 0.6) is 0 Å². The van der Waals surface area contributed by atoms with E-state index in [1.54, 1.807) is 30.3 Å². The summed E-state index contributed by atoms with van der Waals surface area (Å²) in [6, 6.07) is 2.07. The van der Waals surface area contributed by atoms with Crippen molar-refractivity contribution in [3.8, 4) is 17.3 Å². The average molecular weight is 374 g/mol. The molecule has 0 bridgehead atoms. The second-order valence-electron chi connectivity index (χ2n) is 6.63. The third kappa shape index (κ3) is 3.03. The molecule has 2 aliphatic heterocycles. The topological polar surface area (TPSA) is 129 Å². The van der Waals surface area contributed by atoms with Crippen LogP contribution >= 0.6 is 0 Å². The van der Waals surface area contributed by atoms with Gasteiger partial charge in [0.2, 0.25) is 0 Å². The fourth-order valence-electron chi connectivity index (χ4n) is 3.39. The van der Waals surface area contributed by atoms with Gasteiger partial charge in [-0.3, -0.25) is 4.68 Å². The summed E-state index contributed by atoms with van der Waals surface area (Å²) in [5, 5.41) is 13.4. The van der Waals surface area contributed by atoms with Crippen molar-refractivity contribution in [1.29, 1.82) is 5.26 Å². The first kappa shape index (κ1) is 16.9. The first-order valence-electron chi connectivity index (χ1n) is 8.19. The Balaban J connectivity index is 1.57. The molecule has 4 heterocycles. The summed E-state index contributed by atoms with van der Waals surface area (Å²) < 4.78 is 30.2. The van der Waals surface area contributed by atoms with Gasteiger partial charge >= 0.3 is 0 Å². The van der Waals surface area contributed by atoms with Crippen LogP contribution in [0.3, 0.4) is 0 Å². The summed E-state index contributed by atoms with van der Waals surface area (Å²) in [5.41, 5.74) is 1.06. The summed E-state index contributed by atoms with van der Waals surface area (Å²) in [6.07, 6.45) is 6.37. The molecule has 2 aromatic rings. The zero-order chi connectivity index (χ0) is 18.4. The first-order valence-corrected chi connectivity index (χ1v) is 9.68. The molecule has 0 atom stereocenters. The standard InChI is InChI=1S/C15H18N8O2S/c1-22-9-11(7-18-22)14-12(6-16)17-8-13(20-14)23-4-2-15(3-5-23)10-19-26(24,25)21-15/h7-9,19,21H,2-5,10H2,1H3. The molecule has 0 radical (unpaired) electrons. The predicted octanol–water partition coefficient (Wildman–Crippen LogP) is -0.475. The van der Waals surface area contributed by atoms with Crippen molar-refractivity contribution in [2.75, 3.05) is 24.5 Å². The van der Waals surface area contributed by atoms with Gasteiger partial charge in [0.1, 0.15) is 17.6 Å². The lowest BCUT2D eigenvalue weighted by Crippen LogP contribution is -2.52. The van der Waals surface area contributed by atoms with E-state index in [4.69, 9.17) is 0 Å². The Morgan fingerprint density at radius 3 is 2.65 bits per heavy atom. The maximum atomic E-state index is 11.6. The van der Waals surface area contributed by atoms with Gasteiger partial charge in [0.05, 0.1) is 17.9 Å². The number of nitrogens with one attached hydrogen (secondary N) is 2. The van der Waals surface area contributed by atoms with Crippen LogP contribution in [-0.2, 0) is 17.3 Å². The minimum Gasteiger partial charge on any atom is -0.355 e. The van der Waals surface area contributed by atoms with Crippen molar-refractivity contribution in [3.63, 3.8) is 0 Å². The van der Waals surface area contributed by atoms with Crippen molar-refractivity contribution >= 4 is 16.0 Å². The van der Waals surface area contributed by atoms with Crippen LogP contribution in [0.25, 0.3) is 11.3 Å². The largest absolute Gasteiger partial charge is 0.355 e. The summed E-state index contributed by atoms with van der Waals surface area (Å²) in [4.78, 5) is 10.9. The lowest BCUT2D eigenvalue weighted by atomic mass is 9.89. The lowest BCUT2D eigenvalue weighted by Gasteiger charge is -2.38. The van der Waals surface area contributed by atoms with Crippen LogP contribution < -0.4 is 14.3 Å². The number of nitrogens with zero attached hydrogens (tertiary/aromatic N) is 6. The summed E-state index contributed by atoms with van der Waals surface area (Å²) in [6.45, 7) is 1.71. The van der Waals surface area contributed by atoms with E-state index in [9.17, 15) is 13.7 Å². The van der Waals surface area contributed by atoms with Crippen molar-refractivity contribution in [2.24, 2.45) is 7.05 Å². The lowest BCUT2D eigenvalue weighted by molar-refractivity contribution is 0.325. The van der Waals surface area contributed by atoms with Gasteiger partial charge in [-0.1, -0.05) is 0 Å². The van der Waals surface area contributed by atoms with Gasteiger partial charge in [-0.15, -0.1) is 0 Å². The normalized spacial score (nSPS) is 21.0. The highest BCUT2D eigenvalue weighted by molar-refractivity contribution is 7.87. The van der Waals surface area contributed by atoms with Gasteiger partial charge in [0.25, 0.3) is 10.2 Å². The Labute approximate surface area is 151 Å². The summed E-state index contributed by atoms with van der Waals surface area (Å²) in [5.74, 6) is 0.673. The molecule has 0 aromatic carbocycles. The fourth-order valence-corrected chi connectivity index (χ4v) is 4.78. The molecule has 26 heavy (non-hydrogen) atoms. The monoisotopic (exact) mass is 374 g/mol. The number of aromatic nitrogens is 4. The van der Waals surface area contributed by atoms with Gasteiger partial charge < -0.3 is 4.90 Å². The molecule has 2 aliphatic rings.